The third-order valence-electron chi connectivity index (χ3n) is 6.78. The molecule has 1 saturated heterocycles. The van der Waals surface area contributed by atoms with E-state index in [1.807, 2.05) is 19.1 Å². The number of non-ortho nitro benzene ring substituents is 1. The monoisotopic (exact) mass is 658 g/mol. The number of nitro benzene ring substituents is 1. The van der Waals surface area contributed by atoms with E-state index in [-0.39, 0.29) is 24.3 Å². The third-order valence-corrected chi connectivity index (χ3v) is 9.02. The van der Waals surface area contributed by atoms with Crippen LogP contribution in [0.3, 0.4) is 0 Å². The lowest BCUT2D eigenvalue weighted by Gasteiger charge is -2.35. The van der Waals surface area contributed by atoms with Gasteiger partial charge in [0.15, 0.2) is 4.34 Å². The van der Waals surface area contributed by atoms with Crippen LogP contribution in [0, 0.1) is 10.1 Å². The van der Waals surface area contributed by atoms with Crippen LogP contribution in [0.5, 0.6) is 0 Å². The van der Waals surface area contributed by atoms with Gasteiger partial charge in [-0.05, 0) is 45.2 Å². The first-order chi connectivity index (χ1) is 21.5. The molecule has 3 aromatic rings. The SMILES string of the molecule is CCc1nnc(SCc2cc(N3CCOCC3)cc(N(C(=O)OC(C)(C)C)C(CCC(=O)OC)c3cccc([N+](=O)[O-])c3)n2)s1. The second-order valence-corrected chi connectivity index (χ2v) is 13.5. The summed E-state index contributed by atoms with van der Waals surface area (Å²) in [5.74, 6) is 0.261. The number of aromatic nitrogens is 3. The van der Waals surface area contributed by atoms with Crippen LogP contribution in [-0.2, 0) is 31.2 Å². The van der Waals surface area contributed by atoms with Crippen molar-refractivity contribution in [3.8, 4) is 0 Å². The van der Waals surface area contributed by atoms with Gasteiger partial charge in [-0.1, -0.05) is 42.2 Å². The number of thioether (sulfide) groups is 1. The minimum atomic E-state index is -0.861. The fraction of sp³-hybridized carbons (Fsp3) is 0.500. The van der Waals surface area contributed by atoms with Crippen molar-refractivity contribution in [1.82, 2.24) is 15.2 Å². The molecule has 1 aromatic carbocycles. The van der Waals surface area contributed by atoms with E-state index in [0.717, 1.165) is 21.5 Å². The van der Waals surface area contributed by atoms with E-state index >= 15 is 0 Å². The number of hydrogen-bond donors (Lipinski definition) is 0. The minimum Gasteiger partial charge on any atom is -0.469 e. The largest absolute Gasteiger partial charge is 0.469 e. The molecule has 45 heavy (non-hydrogen) atoms. The Labute approximate surface area is 270 Å². The first-order valence-corrected chi connectivity index (χ1v) is 16.4. The molecule has 1 aliphatic rings. The lowest BCUT2D eigenvalue weighted by Crippen LogP contribution is -2.41. The van der Waals surface area contributed by atoms with Gasteiger partial charge >= 0.3 is 12.1 Å². The number of methoxy groups -OCH3 is 1. The number of aryl methyl sites for hydroxylation is 1. The molecule has 1 amide bonds. The van der Waals surface area contributed by atoms with E-state index in [4.69, 9.17) is 19.2 Å². The maximum absolute atomic E-state index is 14.1. The van der Waals surface area contributed by atoms with E-state index in [9.17, 15) is 19.7 Å². The van der Waals surface area contributed by atoms with Crippen molar-refractivity contribution in [2.75, 3.05) is 43.2 Å². The molecule has 13 nitrogen and oxygen atoms in total. The summed E-state index contributed by atoms with van der Waals surface area (Å²) in [5.41, 5.74) is 0.973. The maximum Gasteiger partial charge on any atom is 0.416 e. The molecule has 1 aliphatic heterocycles. The number of hydrogen-bond acceptors (Lipinski definition) is 13. The number of ether oxygens (including phenoxy) is 3. The number of esters is 1. The van der Waals surface area contributed by atoms with Crippen molar-refractivity contribution in [3.05, 3.63) is 62.8 Å². The predicted octanol–water partition coefficient (Wildman–Crippen LogP) is 5.97. The second kappa shape index (κ2) is 15.5. The highest BCUT2D eigenvalue weighted by molar-refractivity contribution is 8.00. The molecule has 0 radical (unpaired) electrons. The smallest absolute Gasteiger partial charge is 0.416 e. The van der Waals surface area contributed by atoms with E-state index < -0.39 is 28.6 Å². The number of rotatable bonds is 12. The Kier molecular flexibility index (Phi) is 11.7. The fourth-order valence-corrected chi connectivity index (χ4v) is 6.40. The standard InChI is InChI=1S/C30H38N6O7S2/c1-6-26-32-33-28(45-26)44-19-21-17-23(34-12-14-42-15-13-34)18-25(31-21)35(29(38)43-30(2,3)4)24(10-11-27(37)41-5)20-8-7-9-22(16-20)36(39)40/h7-9,16-18,24H,6,10-15,19H2,1-5H3. The number of nitrogens with zero attached hydrogens (tertiary/aromatic N) is 6. The van der Waals surface area contributed by atoms with Gasteiger partial charge in [0.2, 0.25) is 0 Å². The number of anilines is 2. The molecule has 0 spiro atoms. The van der Waals surface area contributed by atoms with E-state index in [1.54, 1.807) is 32.9 Å². The highest BCUT2D eigenvalue weighted by Gasteiger charge is 2.34. The lowest BCUT2D eigenvalue weighted by atomic mass is 9.99. The number of morpholine rings is 1. The zero-order chi connectivity index (χ0) is 32.6. The Morgan fingerprint density at radius 3 is 2.60 bits per heavy atom. The summed E-state index contributed by atoms with van der Waals surface area (Å²) in [6.45, 7) is 9.70. The number of carbonyl (C=O) groups excluding carboxylic acids is 2. The molecule has 0 bridgehead atoms. The predicted molar refractivity (Wildman–Crippen MR) is 172 cm³/mol. The summed E-state index contributed by atoms with van der Waals surface area (Å²) in [6.07, 6.45) is 0.144. The van der Waals surface area contributed by atoms with Crippen LogP contribution < -0.4 is 9.80 Å². The van der Waals surface area contributed by atoms with Gasteiger partial charge in [0.25, 0.3) is 5.69 Å². The topological polar surface area (TPSA) is 150 Å². The Balaban J connectivity index is 1.84. The van der Waals surface area contributed by atoms with Crippen LogP contribution in [0.15, 0.2) is 40.7 Å². The zero-order valence-corrected chi connectivity index (χ0v) is 27.7. The Morgan fingerprint density at radius 2 is 1.96 bits per heavy atom. The van der Waals surface area contributed by atoms with Gasteiger partial charge in [0.1, 0.15) is 16.4 Å². The van der Waals surface area contributed by atoms with Crippen molar-refractivity contribution in [2.24, 2.45) is 0 Å². The average molecular weight is 659 g/mol. The van der Waals surface area contributed by atoms with Gasteiger partial charge in [0, 0.05) is 49.1 Å². The summed E-state index contributed by atoms with van der Waals surface area (Å²) in [5, 5.41) is 21.1. The molecule has 4 rings (SSSR count). The second-order valence-electron chi connectivity index (χ2n) is 11.2. The highest BCUT2D eigenvalue weighted by Crippen LogP contribution is 2.36. The van der Waals surface area contributed by atoms with Gasteiger partial charge in [-0.15, -0.1) is 10.2 Å². The van der Waals surface area contributed by atoms with Crippen LogP contribution in [0.2, 0.25) is 0 Å². The fourth-order valence-electron chi connectivity index (χ4n) is 4.67. The zero-order valence-electron chi connectivity index (χ0n) is 26.1. The Morgan fingerprint density at radius 1 is 1.20 bits per heavy atom. The molecule has 0 saturated carbocycles. The molecule has 0 N–H and O–H groups in total. The lowest BCUT2D eigenvalue weighted by molar-refractivity contribution is -0.384. The van der Waals surface area contributed by atoms with Crippen LogP contribution in [0.1, 0.15) is 62.8 Å². The summed E-state index contributed by atoms with van der Waals surface area (Å²) in [7, 11) is 1.29. The number of amides is 1. The quantitative estimate of drug-likeness (QED) is 0.0976. The van der Waals surface area contributed by atoms with Crippen molar-refractivity contribution >= 4 is 52.4 Å². The van der Waals surface area contributed by atoms with Gasteiger partial charge in [-0.2, -0.15) is 0 Å². The van der Waals surface area contributed by atoms with Crippen LogP contribution in [-0.4, -0.2) is 71.2 Å². The number of pyridine rings is 1. The van der Waals surface area contributed by atoms with E-state index in [0.29, 0.717) is 43.3 Å². The average Bonchev–Trinajstić information content (AvgIpc) is 3.49. The molecular formula is C30H38N6O7S2. The molecule has 15 heteroatoms. The van der Waals surface area contributed by atoms with Crippen molar-refractivity contribution in [2.45, 2.75) is 68.7 Å². The van der Waals surface area contributed by atoms with Gasteiger partial charge in [-0.25, -0.2) is 9.78 Å². The molecule has 3 heterocycles. The van der Waals surface area contributed by atoms with Crippen LogP contribution in [0.25, 0.3) is 0 Å². The first-order valence-electron chi connectivity index (χ1n) is 14.6. The molecule has 1 atom stereocenters. The molecule has 1 unspecified atom stereocenters. The van der Waals surface area contributed by atoms with Crippen LogP contribution >= 0.6 is 23.1 Å². The summed E-state index contributed by atoms with van der Waals surface area (Å²) in [6, 6.07) is 8.97. The summed E-state index contributed by atoms with van der Waals surface area (Å²) >= 11 is 3.03. The van der Waals surface area contributed by atoms with Crippen LogP contribution in [0.4, 0.5) is 22.0 Å². The molecule has 0 aliphatic carbocycles. The molecule has 2 aromatic heterocycles. The molecule has 242 valence electrons. The van der Waals surface area contributed by atoms with E-state index in [1.165, 1.54) is 47.2 Å². The normalized spacial score (nSPS) is 14.1. The summed E-state index contributed by atoms with van der Waals surface area (Å²) < 4.78 is 17.2. The Bertz CT molecular complexity index is 1490. The number of benzene rings is 1. The van der Waals surface area contributed by atoms with Gasteiger partial charge in [0.05, 0.1) is 37.0 Å². The maximum atomic E-state index is 14.1. The molecule has 1 fully saturated rings. The molecular weight excluding hydrogens is 620 g/mol. The third kappa shape index (κ3) is 9.58. The van der Waals surface area contributed by atoms with Gasteiger partial charge < -0.3 is 19.1 Å². The number of carbonyl (C=O) groups is 2. The minimum absolute atomic E-state index is 0.0498. The Hall–Kier alpha value is -3.82. The van der Waals surface area contributed by atoms with Crippen molar-refractivity contribution in [3.63, 3.8) is 0 Å². The van der Waals surface area contributed by atoms with Crippen molar-refractivity contribution in [1.29, 1.82) is 0 Å². The van der Waals surface area contributed by atoms with E-state index in [2.05, 4.69) is 15.1 Å². The summed E-state index contributed by atoms with van der Waals surface area (Å²) in [4.78, 5) is 46.1. The highest BCUT2D eigenvalue weighted by atomic mass is 32.2. The number of nitro groups is 1. The van der Waals surface area contributed by atoms with Gasteiger partial charge in [-0.3, -0.25) is 19.8 Å². The first kappa shape index (κ1) is 34.1. The van der Waals surface area contributed by atoms with Crippen molar-refractivity contribution < 1.29 is 28.7 Å².